The van der Waals surface area contributed by atoms with Crippen molar-refractivity contribution in [2.75, 3.05) is 25.0 Å². The van der Waals surface area contributed by atoms with Crippen LogP contribution in [0, 0.1) is 19.8 Å². The SMILES string of the molecule is CCCN1CCCC(C(C)Nc2ccc(C)nc2C)C1. The maximum atomic E-state index is 4.54. The van der Waals surface area contributed by atoms with Gasteiger partial charge in [0.05, 0.1) is 11.4 Å². The number of likely N-dealkylation sites (tertiary alicyclic amines) is 1. The van der Waals surface area contributed by atoms with E-state index < -0.39 is 0 Å². The van der Waals surface area contributed by atoms with Crippen molar-refractivity contribution in [1.82, 2.24) is 9.88 Å². The molecule has 0 spiro atoms. The van der Waals surface area contributed by atoms with Gasteiger partial charge in [0, 0.05) is 18.3 Å². The van der Waals surface area contributed by atoms with Gasteiger partial charge in [0.1, 0.15) is 0 Å². The highest BCUT2D eigenvalue weighted by Gasteiger charge is 2.24. The van der Waals surface area contributed by atoms with Crippen LogP contribution in [-0.4, -0.2) is 35.6 Å². The van der Waals surface area contributed by atoms with E-state index in [0.717, 1.165) is 17.3 Å². The van der Waals surface area contributed by atoms with Gasteiger partial charge >= 0.3 is 0 Å². The third kappa shape index (κ3) is 3.95. The van der Waals surface area contributed by atoms with Crippen molar-refractivity contribution >= 4 is 5.69 Å². The number of hydrogen-bond acceptors (Lipinski definition) is 3. The smallest absolute Gasteiger partial charge is 0.0606 e. The van der Waals surface area contributed by atoms with Crippen LogP contribution in [0.2, 0.25) is 0 Å². The van der Waals surface area contributed by atoms with Crippen LogP contribution in [0.5, 0.6) is 0 Å². The molecule has 1 aliphatic heterocycles. The number of anilines is 1. The third-order valence-electron chi connectivity index (χ3n) is 4.40. The molecule has 0 amide bonds. The Bertz CT molecular complexity index is 428. The fourth-order valence-corrected chi connectivity index (χ4v) is 3.22. The average Bonchev–Trinajstić information content (AvgIpc) is 2.42. The highest BCUT2D eigenvalue weighted by molar-refractivity contribution is 5.48. The first kappa shape index (κ1) is 15.3. The summed E-state index contributed by atoms with van der Waals surface area (Å²) in [6.45, 7) is 12.5. The highest BCUT2D eigenvalue weighted by Crippen LogP contribution is 2.23. The minimum atomic E-state index is 0.512. The Balaban J connectivity index is 1.95. The minimum absolute atomic E-state index is 0.512. The van der Waals surface area contributed by atoms with E-state index in [-0.39, 0.29) is 0 Å². The zero-order valence-electron chi connectivity index (χ0n) is 13.4. The molecule has 3 heteroatoms. The number of nitrogens with zero attached hydrogens (tertiary/aromatic N) is 2. The van der Waals surface area contributed by atoms with E-state index in [1.54, 1.807) is 0 Å². The predicted octanol–water partition coefficient (Wildman–Crippen LogP) is 3.62. The Labute approximate surface area is 123 Å². The maximum Gasteiger partial charge on any atom is 0.0606 e. The molecule has 1 aromatic rings. The van der Waals surface area contributed by atoms with Crippen LogP contribution in [0.4, 0.5) is 5.69 Å². The molecule has 3 nitrogen and oxygen atoms in total. The lowest BCUT2D eigenvalue weighted by Gasteiger charge is -2.36. The molecule has 0 bridgehead atoms. The monoisotopic (exact) mass is 275 g/mol. The molecule has 1 saturated heterocycles. The molecule has 2 unspecified atom stereocenters. The molecule has 2 rings (SSSR count). The second-order valence-electron chi connectivity index (χ2n) is 6.22. The third-order valence-corrected chi connectivity index (χ3v) is 4.40. The van der Waals surface area contributed by atoms with E-state index in [9.17, 15) is 0 Å². The van der Waals surface area contributed by atoms with Crippen molar-refractivity contribution in [1.29, 1.82) is 0 Å². The topological polar surface area (TPSA) is 28.2 Å². The van der Waals surface area contributed by atoms with Crippen LogP contribution in [0.3, 0.4) is 0 Å². The molecule has 0 aromatic carbocycles. The lowest BCUT2D eigenvalue weighted by atomic mass is 9.91. The number of nitrogens with one attached hydrogen (secondary N) is 1. The molecule has 1 fully saturated rings. The minimum Gasteiger partial charge on any atom is -0.381 e. The summed E-state index contributed by atoms with van der Waals surface area (Å²) in [6.07, 6.45) is 3.93. The van der Waals surface area contributed by atoms with Gasteiger partial charge in [-0.25, -0.2) is 0 Å². The van der Waals surface area contributed by atoms with Gasteiger partial charge in [-0.2, -0.15) is 0 Å². The van der Waals surface area contributed by atoms with Gasteiger partial charge in [-0.3, -0.25) is 4.98 Å². The zero-order chi connectivity index (χ0) is 14.5. The summed E-state index contributed by atoms with van der Waals surface area (Å²) >= 11 is 0. The largest absolute Gasteiger partial charge is 0.381 e. The van der Waals surface area contributed by atoms with Crippen LogP contribution >= 0.6 is 0 Å². The molecule has 2 atom stereocenters. The number of pyridine rings is 1. The lowest BCUT2D eigenvalue weighted by molar-refractivity contribution is 0.165. The van der Waals surface area contributed by atoms with E-state index in [1.165, 1.54) is 44.6 Å². The van der Waals surface area contributed by atoms with Crippen LogP contribution < -0.4 is 5.32 Å². The lowest BCUT2D eigenvalue weighted by Crippen LogP contribution is -2.42. The van der Waals surface area contributed by atoms with Gasteiger partial charge in [0.15, 0.2) is 0 Å². The average molecular weight is 275 g/mol. The first-order valence-electron chi connectivity index (χ1n) is 8.03. The van der Waals surface area contributed by atoms with E-state index in [0.29, 0.717) is 6.04 Å². The van der Waals surface area contributed by atoms with E-state index in [1.807, 2.05) is 6.92 Å². The summed E-state index contributed by atoms with van der Waals surface area (Å²) < 4.78 is 0. The molecule has 0 radical (unpaired) electrons. The summed E-state index contributed by atoms with van der Waals surface area (Å²) in [6, 6.07) is 4.77. The quantitative estimate of drug-likeness (QED) is 0.889. The van der Waals surface area contributed by atoms with Crippen molar-refractivity contribution in [3.8, 4) is 0 Å². The summed E-state index contributed by atoms with van der Waals surface area (Å²) in [5.74, 6) is 0.746. The first-order valence-corrected chi connectivity index (χ1v) is 8.03. The molecule has 1 N–H and O–H groups in total. The number of hydrogen-bond donors (Lipinski definition) is 1. The van der Waals surface area contributed by atoms with Crippen LogP contribution in [0.1, 0.15) is 44.5 Å². The standard InChI is InChI=1S/C17H29N3/c1-5-10-20-11-6-7-16(12-20)14(3)19-17-9-8-13(2)18-15(17)4/h8-9,14,16,19H,5-7,10-12H2,1-4H3. The number of piperidine rings is 1. The molecule has 1 aliphatic rings. The normalized spacial score (nSPS) is 21.7. The van der Waals surface area contributed by atoms with Crippen LogP contribution in [-0.2, 0) is 0 Å². The second-order valence-corrected chi connectivity index (χ2v) is 6.22. The highest BCUT2D eigenvalue weighted by atomic mass is 15.1. The fraction of sp³-hybridized carbons (Fsp3) is 0.706. The Hall–Kier alpha value is -1.09. The van der Waals surface area contributed by atoms with Gasteiger partial charge in [0.2, 0.25) is 0 Å². The summed E-state index contributed by atoms with van der Waals surface area (Å²) in [5.41, 5.74) is 3.39. The maximum absolute atomic E-state index is 4.54. The van der Waals surface area contributed by atoms with Gasteiger partial charge in [-0.05, 0) is 71.2 Å². The molecule has 2 heterocycles. The molecule has 20 heavy (non-hydrogen) atoms. The van der Waals surface area contributed by atoms with Crippen LogP contribution in [0.25, 0.3) is 0 Å². The van der Waals surface area contributed by atoms with E-state index >= 15 is 0 Å². The van der Waals surface area contributed by atoms with Crippen LogP contribution in [0.15, 0.2) is 12.1 Å². The van der Waals surface area contributed by atoms with E-state index in [4.69, 9.17) is 0 Å². The fourth-order valence-electron chi connectivity index (χ4n) is 3.22. The second kappa shape index (κ2) is 7.07. The molecular formula is C17H29N3. The van der Waals surface area contributed by atoms with Gasteiger partial charge in [-0.1, -0.05) is 6.92 Å². The summed E-state index contributed by atoms with van der Waals surface area (Å²) in [4.78, 5) is 7.16. The number of rotatable bonds is 5. The van der Waals surface area contributed by atoms with Crippen molar-refractivity contribution in [2.24, 2.45) is 5.92 Å². The molecule has 0 saturated carbocycles. The van der Waals surface area contributed by atoms with Gasteiger partial charge in [0.25, 0.3) is 0 Å². The summed E-state index contributed by atoms with van der Waals surface area (Å²) in [7, 11) is 0. The van der Waals surface area contributed by atoms with Crippen molar-refractivity contribution in [3.05, 3.63) is 23.5 Å². The number of aromatic nitrogens is 1. The first-order chi connectivity index (χ1) is 9.60. The number of aryl methyl sites for hydroxylation is 2. The van der Waals surface area contributed by atoms with Gasteiger partial charge in [-0.15, -0.1) is 0 Å². The Morgan fingerprint density at radius 3 is 2.90 bits per heavy atom. The van der Waals surface area contributed by atoms with Crippen molar-refractivity contribution in [3.63, 3.8) is 0 Å². The molecule has 0 aliphatic carbocycles. The summed E-state index contributed by atoms with van der Waals surface area (Å²) in [5, 5.41) is 3.68. The van der Waals surface area contributed by atoms with Gasteiger partial charge < -0.3 is 10.2 Å². The van der Waals surface area contributed by atoms with Crippen molar-refractivity contribution < 1.29 is 0 Å². The molecule has 1 aromatic heterocycles. The zero-order valence-corrected chi connectivity index (χ0v) is 13.4. The van der Waals surface area contributed by atoms with E-state index in [2.05, 4.69) is 48.1 Å². The Morgan fingerprint density at radius 2 is 2.20 bits per heavy atom. The predicted molar refractivity (Wildman–Crippen MR) is 86.3 cm³/mol. The Kier molecular flexibility index (Phi) is 5.41. The molecular weight excluding hydrogens is 246 g/mol. The van der Waals surface area contributed by atoms with Crippen molar-refractivity contribution in [2.45, 2.75) is 53.0 Å². The molecule has 112 valence electrons. The Morgan fingerprint density at radius 1 is 1.40 bits per heavy atom.